The minimum absolute atomic E-state index is 0.106. The molecule has 0 saturated carbocycles. The van der Waals surface area contributed by atoms with E-state index in [1.807, 2.05) is 6.07 Å². The molecular weight excluding hydrogens is 192 g/mol. The fourth-order valence-electron chi connectivity index (χ4n) is 2.23. The molecule has 0 unspecified atom stereocenters. The van der Waals surface area contributed by atoms with Gasteiger partial charge in [-0.2, -0.15) is 0 Å². The third-order valence-electron chi connectivity index (χ3n) is 2.97. The summed E-state index contributed by atoms with van der Waals surface area (Å²) in [6.45, 7) is 0. The van der Waals surface area contributed by atoms with Crippen LogP contribution in [0.15, 0.2) is 12.1 Å². The van der Waals surface area contributed by atoms with Gasteiger partial charge in [0.2, 0.25) is 0 Å². The van der Waals surface area contributed by atoms with Gasteiger partial charge in [-0.1, -0.05) is 12.5 Å². The van der Waals surface area contributed by atoms with Crippen LogP contribution in [-0.4, -0.2) is 16.2 Å². The first kappa shape index (κ1) is 10.0. The first-order valence-electron chi connectivity index (χ1n) is 5.27. The maximum Gasteiger partial charge on any atom is 0.339 e. The van der Waals surface area contributed by atoms with Crippen molar-refractivity contribution in [3.8, 4) is 5.75 Å². The Kier molecular flexibility index (Phi) is 2.62. The Hall–Kier alpha value is -1.51. The molecule has 3 heteroatoms. The summed E-state index contributed by atoms with van der Waals surface area (Å²) in [5.41, 5.74) is 2.03. The molecule has 0 atom stereocenters. The van der Waals surface area contributed by atoms with Gasteiger partial charge in [-0.3, -0.25) is 0 Å². The van der Waals surface area contributed by atoms with Gasteiger partial charge in [-0.15, -0.1) is 0 Å². The molecule has 0 spiro atoms. The number of fused-ring (bicyclic) bond motifs is 1. The number of carboxylic acids is 1. The zero-order chi connectivity index (χ0) is 10.8. The minimum Gasteiger partial charge on any atom is -0.507 e. The third-order valence-corrected chi connectivity index (χ3v) is 2.97. The second-order valence-electron chi connectivity index (χ2n) is 3.96. The van der Waals surface area contributed by atoms with E-state index in [9.17, 15) is 9.90 Å². The van der Waals surface area contributed by atoms with Crippen molar-refractivity contribution in [2.24, 2.45) is 0 Å². The van der Waals surface area contributed by atoms with E-state index in [0.717, 1.165) is 43.2 Å². The van der Waals surface area contributed by atoms with Crippen molar-refractivity contribution < 1.29 is 15.0 Å². The summed E-state index contributed by atoms with van der Waals surface area (Å²) < 4.78 is 0. The van der Waals surface area contributed by atoms with Crippen molar-refractivity contribution in [2.45, 2.75) is 32.1 Å². The van der Waals surface area contributed by atoms with E-state index >= 15 is 0 Å². The molecule has 1 aliphatic rings. The standard InChI is InChI=1S/C12H14O3/c13-10-7-6-8-4-2-1-3-5-9(8)11(10)12(14)15/h6-7,13H,1-5H2,(H,14,15). The van der Waals surface area contributed by atoms with Crippen molar-refractivity contribution >= 4 is 5.97 Å². The van der Waals surface area contributed by atoms with E-state index in [0.29, 0.717) is 0 Å². The van der Waals surface area contributed by atoms with Gasteiger partial charge in [0.25, 0.3) is 0 Å². The highest BCUT2D eigenvalue weighted by atomic mass is 16.4. The molecule has 80 valence electrons. The fourth-order valence-corrected chi connectivity index (χ4v) is 2.23. The van der Waals surface area contributed by atoms with Crippen molar-refractivity contribution in [1.82, 2.24) is 0 Å². The molecule has 0 bridgehead atoms. The maximum absolute atomic E-state index is 11.0. The summed E-state index contributed by atoms with van der Waals surface area (Å²) in [7, 11) is 0. The Labute approximate surface area is 88.4 Å². The molecule has 1 aliphatic carbocycles. The van der Waals surface area contributed by atoms with E-state index in [1.165, 1.54) is 6.07 Å². The molecule has 0 aromatic heterocycles. The molecule has 0 saturated heterocycles. The third kappa shape index (κ3) is 1.82. The van der Waals surface area contributed by atoms with Crippen LogP contribution in [0.25, 0.3) is 0 Å². The Morgan fingerprint density at radius 1 is 1.13 bits per heavy atom. The van der Waals surface area contributed by atoms with Crippen LogP contribution < -0.4 is 0 Å². The van der Waals surface area contributed by atoms with E-state index < -0.39 is 5.97 Å². The van der Waals surface area contributed by atoms with Gasteiger partial charge >= 0.3 is 5.97 Å². The van der Waals surface area contributed by atoms with Crippen molar-refractivity contribution in [3.63, 3.8) is 0 Å². The second-order valence-corrected chi connectivity index (χ2v) is 3.96. The number of aryl methyl sites for hydroxylation is 1. The summed E-state index contributed by atoms with van der Waals surface area (Å²) in [6.07, 6.45) is 4.95. The molecule has 1 aromatic carbocycles. The Bertz CT molecular complexity index is 396. The summed E-state index contributed by atoms with van der Waals surface area (Å²) in [5, 5.41) is 18.6. The highest BCUT2D eigenvalue weighted by Gasteiger charge is 2.19. The Morgan fingerprint density at radius 2 is 1.87 bits per heavy atom. The number of carbonyl (C=O) groups is 1. The smallest absolute Gasteiger partial charge is 0.339 e. The molecule has 15 heavy (non-hydrogen) atoms. The number of rotatable bonds is 1. The SMILES string of the molecule is O=C(O)c1c(O)ccc2c1CCCCC2. The number of aromatic hydroxyl groups is 1. The normalized spacial score (nSPS) is 15.5. The molecular formula is C12H14O3. The topological polar surface area (TPSA) is 57.5 Å². The van der Waals surface area contributed by atoms with Crippen LogP contribution in [-0.2, 0) is 12.8 Å². The lowest BCUT2D eigenvalue weighted by molar-refractivity contribution is 0.0692. The molecule has 2 N–H and O–H groups in total. The van der Waals surface area contributed by atoms with Gasteiger partial charge in [0, 0.05) is 0 Å². The zero-order valence-electron chi connectivity index (χ0n) is 8.49. The largest absolute Gasteiger partial charge is 0.507 e. The highest BCUT2D eigenvalue weighted by molar-refractivity contribution is 5.93. The van der Waals surface area contributed by atoms with Crippen LogP contribution >= 0.6 is 0 Å². The van der Waals surface area contributed by atoms with E-state index in [2.05, 4.69) is 0 Å². The van der Waals surface area contributed by atoms with Crippen LogP contribution in [0, 0.1) is 0 Å². The average molecular weight is 206 g/mol. The van der Waals surface area contributed by atoms with Crippen LogP contribution in [0.1, 0.15) is 40.7 Å². The van der Waals surface area contributed by atoms with Crippen LogP contribution in [0.5, 0.6) is 5.75 Å². The number of carboxylic acid groups (broad SMARTS) is 1. The van der Waals surface area contributed by atoms with E-state index in [4.69, 9.17) is 5.11 Å². The summed E-state index contributed by atoms with van der Waals surface area (Å²) >= 11 is 0. The Balaban J connectivity index is 2.56. The van der Waals surface area contributed by atoms with E-state index in [-0.39, 0.29) is 11.3 Å². The van der Waals surface area contributed by atoms with Gasteiger partial charge in [0.15, 0.2) is 0 Å². The first-order valence-corrected chi connectivity index (χ1v) is 5.27. The van der Waals surface area contributed by atoms with Gasteiger partial charge < -0.3 is 10.2 Å². The number of hydrogen-bond donors (Lipinski definition) is 2. The number of benzene rings is 1. The number of hydrogen-bond acceptors (Lipinski definition) is 2. The maximum atomic E-state index is 11.0. The average Bonchev–Trinajstić information content (AvgIpc) is 2.41. The predicted molar refractivity (Wildman–Crippen MR) is 56.3 cm³/mol. The summed E-state index contributed by atoms with van der Waals surface area (Å²) in [4.78, 5) is 11.0. The summed E-state index contributed by atoms with van der Waals surface area (Å²) in [6, 6.07) is 3.34. The first-order chi connectivity index (χ1) is 7.20. The predicted octanol–water partition coefficient (Wildman–Crippen LogP) is 2.36. The van der Waals surface area contributed by atoms with Crippen LogP contribution in [0.2, 0.25) is 0 Å². The Morgan fingerprint density at radius 3 is 2.60 bits per heavy atom. The molecule has 1 aromatic rings. The highest BCUT2D eigenvalue weighted by Crippen LogP contribution is 2.29. The molecule has 0 amide bonds. The van der Waals surface area contributed by atoms with Crippen LogP contribution in [0.4, 0.5) is 0 Å². The van der Waals surface area contributed by atoms with Gasteiger partial charge in [-0.05, 0) is 42.9 Å². The monoisotopic (exact) mass is 206 g/mol. The lowest BCUT2D eigenvalue weighted by Crippen LogP contribution is -2.05. The van der Waals surface area contributed by atoms with E-state index in [1.54, 1.807) is 0 Å². The van der Waals surface area contributed by atoms with Crippen LogP contribution in [0.3, 0.4) is 0 Å². The quantitative estimate of drug-likeness (QED) is 0.693. The van der Waals surface area contributed by atoms with Crippen molar-refractivity contribution in [2.75, 3.05) is 0 Å². The number of aromatic carboxylic acids is 1. The minimum atomic E-state index is -1.02. The molecule has 0 heterocycles. The summed E-state index contributed by atoms with van der Waals surface area (Å²) in [5.74, 6) is -1.13. The lowest BCUT2D eigenvalue weighted by atomic mass is 9.96. The number of phenols is 1. The van der Waals surface area contributed by atoms with Crippen molar-refractivity contribution in [1.29, 1.82) is 0 Å². The fraction of sp³-hybridized carbons (Fsp3) is 0.417. The van der Waals surface area contributed by atoms with Gasteiger partial charge in [0.1, 0.15) is 11.3 Å². The molecule has 0 aliphatic heterocycles. The second kappa shape index (κ2) is 3.93. The van der Waals surface area contributed by atoms with Crippen molar-refractivity contribution in [3.05, 3.63) is 28.8 Å². The van der Waals surface area contributed by atoms with Gasteiger partial charge in [0.05, 0.1) is 0 Å². The molecule has 3 nitrogen and oxygen atoms in total. The molecule has 0 fully saturated rings. The van der Waals surface area contributed by atoms with Gasteiger partial charge in [-0.25, -0.2) is 4.79 Å². The molecule has 0 radical (unpaired) electrons. The lowest BCUT2D eigenvalue weighted by Gasteiger charge is -2.10. The molecule has 2 rings (SSSR count). The zero-order valence-corrected chi connectivity index (χ0v) is 8.49.